The van der Waals surface area contributed by atoms with E-state index in [0.717, 1.165) is 31.5 Å². The number of hydrogen-bond donors (Lipinski definition) is 1. The van der Waals surface area contributed by atoms with E-state index in [0.29, 0.717) is 6.04 Å². The summed E-state index contributed by atoms with van der Waals surface area (Å²) >= 11 is 0. The first-order valence-corrected chi connectivity index (χ1v) is 9.80. The minimum absolute atomic E-state index is 0. The number of rotatable bonds is 8. The lowest BCUT2D eigenvalue weighted by molar-refractivity contribution is 0.268. The van der Waals surface area contributed by atoms with Gasteiger partial charge < -0.3 is 15.1 Å². The number of benzene rings is 1. The predicted octanol–water partition coefficient (Wildman–Crippen LogP) is 3.86. The Morgan fingerprint density at radius 2 is 2.00 bits per heavy atom. The Morgan fingerprint density at radius 1 is 1.27 bits per heavy atom. The molecule has 1 unspecified atom stereocenters. The van der Waals surface area contributed by atoms with E-state index in [9.17, 15) is 0 Å². The molecule has 1 heterocycles. The van der Waals surface area contributed by atoms with Crippen molar-refractivity contribution in [3.05, 3.63) is 35.9 Å². The normalized spacial score (nSPS) is 17.7. The largest absolute Gasteiger partial charge is 0.356 e. The van der Waals surface area contributed by atoms with Crippen molar-refractivity contribution in [2.75, 3.05) is 40.3 Å². The van der Waals surface area contributed by atoms with Crippen molar-refractivity contribution in [2.24, 2.45) is 10.9 Å². The molecule has 0 spiro atoms. The standard InChI is InChI=1S/C21H36N4.HI/c1-18(2)24(4)14-9-8-13-23-21(22-3)25-15-12-20(17-25)16-19-10-6-5-7-11-19;/h5-7,10-11,18,20H,8-9,12-17H2,1-4H3,(H,22,23);1H. The maximum Gasteiger partial charge on any atom is 0.193 e. The molecule has 0 amide bonds. The molecule has 2 rings (SSSR count). The summed E-state index contributed by atoms with van der Waals surface area (Å²) in [5, 5.41) is 3.56. The van der Waals surface area contributed by atoms with Crippen molar-refractivity contribution >= 4 is 29.9 Å². The van der Waals surface area contributed by atoms with Crippen molar-refractivity contribution in [2.45, 2.75) is 45.6 Å². The van der Waals surface area contributed by atoms with Crippen molar-refractivity contribution in [1.29, 1.82) is 0 Å². The summed E-state index contributed by atoms with van der Waals surface area (Å²) in [6, 6.07) is 11.5. The highest BCUT2D eigenvalue weighted by molar-refractivity contribution is 14.0. The number of nitrogens with zero attached hydrogens (tertiary/aromatic N) is 3. The molecule has 0 saturated carbocycles. The molecule has 1 aromatic carbocycles. The van der Waals surface area contributed by atoms with Crippen LogP contribution in [0.25, 0.3) is 0 Å². The van der Waals surface area contributed by atoms with E-state index in [2.05, 4.69) is 71.3 Å². The van der Waals surface area contributed by atoms with E-state index in [-0.39, 0.29) is 24.0 Å². The van der Waals surface area contributed by atoms with Gasteiger partial charge in [-0.05, 0) is 64.6 Å². The van der Waals surface area contributed by atoms with Crippen LogP contribution in [0.5, 0.6) is 0 Å². The smallest absolute Gasteiger partial charge is 0.193 e. The fraction of sp³-hybridized carbons (Fsp3) is 0.667. The van der Waals surface area contributed by atoms with Gasteiger partial charge in [-0.25, -0.2) is 0 Å². The fourth-order valence-electron chi connectivity index (χ4n) is 3.42. The zero-order valence-electron chi connectivity index (χ0n) is 16.9. The van der Waals surface area contributed by atoms with Gasteiger partial charge in [0.15, 0.2) is 5.96 Å². The van der Waals surface area contributed by atoms with Gasteiger partial charge in [0.2, 0.25) is 0 Å². The molecule has 1 aliphatic rings. The molecule has 0 radical (unpaired) electrons. The predicted molar refractivity (Wildman–Crippen MR) is 124 cm³/mol. The maximum atomic E-state index is 4.49. The Balaban J connectivity index is 0.00000338. The lowest BCUT2D eigenvalue weighted by Gasteiger charge is -2.23. The molecular weight excluding hydrogens is 435 g/mol. The van der Waals surface area contributed by atoms with Gasteiger partial charge in [0.25, 0.3) is 0 Å². The molecule has 1 aromatic rings. The minimum Gasteiger partial charge on any atom is -0.356 e. The van der Waals surface area contributed by atoms with Crippen LogP contribution in [0.2, 0.25) is 0 Å². The second kappa shape index (κ2) is 12.5. The highest BCUT2D eigenvalue weighted by Crippen LogP contribution is 2.20. The number of halogens is 1. The third kappa shape index (κ3) is 7.82. The summed E-state index contributed by atoms with van der Waals surface area (Å²) in [7, 11) is 4.10. The summed E-state index contributed by atoms with van der Waals surface area (Å²) in [5.74, 6) is 1.81. The average molecular weight is 472 g/mol. The van der Waals surface area contributed by atoms with Crippen LogP contribution in [-0.2, 0) is 6.42 Å². The highest BCUT2D eigenvalue weighted by Gasteiger charge is 2.24. The molecule has 5 heteroatoms. The number of likely N-dealkylation sites (tertiary alicyclic amines) is 1. The molecule has 4 nitrogen and oxygen atoms in total. The van der Waals surface area contributed by atoms with Crippen molar-refractivity contribution in [3.63, 3.8) is 0 Å². The Kier molecular flexibility index (Phi) is 11.2. The minimum atomic E-state index is 0. The van der Waals surface area contributed by atoms with E-state index >= 15 is 0 Å². The second-order valence-corrected chi connectivity index (χ2v) is 7.55. The summed E-state index contributed by atoms with van der Waals surface area (Å²) in [6.45, 7) is 8.91. The number of unbranched alkanes of at least 4 members (excludes halogenated alkanes) is 1. The molecule has 1 aliphatic heterocycles. The Bertz CT molecular complexity index is 518. The zero-order valence-corrected chi connectivity index (χ0v) is 19.3. The van der Waals surface area contributed by atoms with Crippen LogP contribution in [0.1, 0.15) is 38.7 Å². The van der Waals surface area contributed by atoms with Crippen molar-refractivity contribution in [1.82, 2.24) is 15.1 Å². The maximum absolute atomic E-state index is 4.49. The van der Waals surface area contributed by atoms with E-state index in [1.807, 2.05) is 7.05 Å². The molecule has 1 atom stereocenters. The number of hydrogen-bond acceptors (Lipinski definition) is 2. The SMILES string of the molecule is CN=C(NCCCCN(C)C(C)C)N1CCC(Cc2ccccc2)C1.I. The Hall–Kier alpha value is -0.820. The molecule has 26 heavy (non-hydrogen) atoms. The van der Waals surface area contributed by atoms with E-state index in [1.165, 1.54) is 37.8 Å². The van der Waals surface area contributed by atoms with Gasteiger partial charge in [-0.3, -0.25) is 4.99 Å². The van der Waals surface area contributed by atoms with Gasteiger partial charge in [-0.15, -0.1) is 24.0 Å². The molecule has 1 fully saturated rings. The van der Waals surface area contributed by atoms with E-state index < -0.39 is 0 Å². The first-order chi connectivity index (χ1) is 12.1. The quantitative estimate of drug-likeness (QED) is 0.270. The molecular formula is C21H37IN4. The summed E-state index contributed by atoms with van der Waals surface area (Å²) in [4.78, 5) is 9.32. The molecule has 0 bridgehead atoms. The van der Waals surface area contributed by atoms with Crippen LogP contribution in [-0.4, -0.2) is 62.1 Å². The summed E-state index contributed by atoms with van der Waals surface area (Å²) in [5.41, 5.74) is 1.45. The van der Waals surface area contributed by atoms with Crippen LogP contribution in [0.3, 0.4) is 0 Å². The van der Waals surface area contributed by atoms with Gasteiger partial charge >= 0.3 is 0 Å². The second-order valence-electron chi connectivity index (χ2n) is 7.55. The third-order valence-electron chi connectivity index (χ3n) is 5.27. The Morgan fingerprint density at radius 3 is 2.65 bits per heavy atom. The molecule has 0 aromatic heterocycles. The van der Waals surface area contributed by atoms with Gasteiger partial charge in [0, 0.05) is 32.7 Å². The third-order valence-corrected chi connectivity index (χ3v) is 5.27. The van der Waals surface area contributed by atoms with Gasteiger partial charge in [0.05, 0.1) is 0 Å². The number of nitrogens with one attached hydrogen (secondary N) is 1. The zero-order chi connectivity index (χ0) is 18.1. The van der Waals surface area contributed by atoms with Gasteiger partial charge in [-0.1, -0.05) is 30.3 Å². The highest BCUT2D eigenvalue weighted by atomic mass is 127. The first-order valence-electron chi connectivity index (χ1n) is 9.80. The fourth-order valence-corrected chi connectivity index (χ4v) is 3.42. The van der Waals surface area contributed by atoms with Crippen LogP contribution >= 0.6 is 24.0 Å². The van der Waals surface area contributed by atoms with Gasteiger partial charge in [-0.2, -0.15) is 0 Å². The average Bonchev–Trinajstić information content (AvgIpc) is 3.06. The van der Waals surface area contributed by atoms with Crippen LogP contribution in [0, 0.1) is 5.92 Å². The molecule has 1 saturated heterocycles. The lowest BCUT2D eigenvalue weighted by Crippen LogP contribution is -2.40. The molecule has 148 valence electrons. The topological polar surface area (TPSA) is 30.9 Å². The van der Waals surface area contributed by atoms with Crippen molar-refractivity contribution < 1.29 is 0 Å². The number of aliphatic imine (C=N–C) groups is 1. The lowest BCUT2D eigenvalue weighted by atomic mass is 9.99. The molecule has 0 aliphatic carbocycles. The van der Waals surface area contributed by atoms with Gasteiger partial charge in [0.1, 0.15) is 0 Å². The van der Waals surface area contributed by atoms with E-state index in [4.69, 9.17) is 0 Å². The summed E-state index contributed by atoms with van der Waals surface area (Å²) in [6.07, 6.45) is 4.86. The number of guanidine groups is 1. The van der Waals surface area contributed by atoms with Crippen LogP contribution in [0.15, 0.2) is 35.3 Å². The van der Waals surface area contributed by atoms with E-state index in [1.54, 1.807) is 0 Å². The monoisotopic (exact) mass is 472 g/mol. The van der Waals surface area contributed by atoms with Crippen molar-refractivity contribution in [3.8, 4) is 0 Å². The van der Waals surface area contributed by atoms with Crippen LogP contribution in [0.4, 0.5) is 0 Å². The first kappa shape index (κ1) is 23.2. The summed E-state index contributed by atoms with van der Waals surface area (Å²) < 4.78 is 0. The van der Waals surface area contributed by atoms with Crippen LogP contribution < -0.4 is 5.32 Å². The molecule has 1 N–H and O–H groups in total. The Labute approximate surface area is 177 Å².